The van der Waals surface area contributed by atoms with E-state index in [1.165, 1.54) is 17.7 Å². The summed E-state index contributed by atoms with van der Waals surface area (Å²) in [6, 6.07) is 21.0. The average Bonchev–Trinajstić information content (AvgIpc) is 2.77. The number of ether oxygens (including phenoxy) is 2. The Balaban J connectivity index is 1.50. The van der Waals surface area contributed by atoms with E-state index in [1.807, 2.05) is 24.3 Å². The summed E-state index contributed by atoms with van der Waals surface area (Å²) in [4.78, 5) is 12.5. The molecule has 1 amide bonds. The van der Waals surface area contributed by atoms with Crippen molar-refractivity contribution in [2.75, 3.05) is 13.2 Å². The Labute approximate surface area is 170 Å². The zero-order valence-electron chi connectivity index (χ0n) is 16.4. The van der Waals surface area contributed by atoms with Crippen LogP contribution in [0.2, 0.25) is 0 Å². The summed E-state index contributed by atoms with van der Waals surface area (Å²) >= 11 is 0. The van der Waals surface area contributed by atoms with Gasteiger partial charge in [-0.15, -0.1) is 0 Å². The van der Waals surface area contributed by atoms with Gasteiger partial charge in [-0.3, -0.25) is 4.79 Å². The molecule has 0 atom stereocenters. The molecule has 3 rings (SSSR count). The van der Waals surface area contributed by atoms with E-state index in [0.717, 1.165) is 17.7 Å². The molecule has 29 heavy (non-hydrogen) atoms. The first-order valence-electron chi connectivity index (χ1n) is 9.62. The number of para-hydroxylation sites is 1. The van der Waals surface area contributed by atoms with Crippen LogP contribution in [0.5, 0.6) is 11.5 Å². The van der Waals surface area contributed by atoms with Gasteiger partial charge in [0.1, 0.15) is 30.5 Å². The topological polar surface area (TPSA) is 47.6 Å². The average molecular weight is 393 g/mol. The SMILES string of the molecule is CCc1ccc(OCCNC(=O)c2ccccc2OCc2ccc(F)cc2)cc1. The fraction of sp³-hybridized carbons (Fsp3) is 0.208. The molecule has 0 unspecified atom stereocenters. The summed E-state index contributed by atoms with van der Waals surface area (Å²) in [6.07, 6.45) is 0.985. The number of nitrogens with one attached hydrogen (secondary N) is 1. The van der Waals surface area contributed by atoms with Crippen LogP contribution in [0.25, 0.3) is 0 Å². The van der Waals surface area contributed by atoms with Crippen molar-refractivity contribution >= 4 is 5.91 Å². The first kappa shape index (κ1) is 20.4. The smallest absolute Gasteiger partial charge is 0.255 e. The third-order valence-electron chi connectivity index (χ3n) is 4.43. The zero-order valence-corrected chi connectivity index (χ0v) is 16.4. The quantitative estimate of drug-likeness (QED) is 0.533. The number of benzene rings is 3. The van der Waals surface area contributed by atoms with Crippen molar-refractivity contribution in [3.8, 4) is 11.5 Å². The van der Waals surface area contributed by atoms with Crippen molar-refractivity contribution in [1.29, 1.82) is 0 Å². The lowest BCUT2D eigenvalue weighted by molar-refractivity contribution is 0.0942. The number of halogens is 1. The Morgan fingerprint density at radius 2 is 1.59 bits per heavy atom. The molecule has 3 aromatic rings. The molecule has 0 saturated carbocycles. The maximum atomic E-state index is 13.0. The molecule has 0 bridgehead atoms. The summed E-state index contributed by atoms with van der Waals surface area (Å²) in [5.74, 6) is 0.728. The normalized spacial score (nSPS) is 10.4. The molecule has 0 aliphatic rings. The van der Waals surface area contributed by atoms with Crippen molar-refractivity contribution in [3.05, 3.63) is 95.3 Å². The maximum Gasteiger partial charge on any atom is 0.255 e. The number of aryl methyl sites for hydroxylation is 1. The lowest BCUT2D eigenvalue weighted by Crippen LogP contribution is -2.28. The predicted molar refractivity (Wildman–Crippen MR) is 111 cm³/mol. The van der Waals surface area contributed by atoms with Gasteiger partial charge in [0.2, 0.25) is 0 Å². The van der Waals surface area contributed by atoms with Crippen LogP contribution in [0, 0.1) is 5.82 Å². The van der Waals surface area contributed by atoms with E-state index in [-0.39, 0.29) is 18.3 Å². The molecule has 1 N–H and O–H groups in total. The van der Waals surface area contributed by atoms with Gasteiger partial charge >= 0.3 is 0 Å². The highest BCUT2D eigenvalue weighted by molar-refractivity contribution is 5.96. The summed E-state index contributed by atoms with van der Waals surface area (Å²) in [7, 11) is 0. The minimum atomic E-state index is -0.294. The van der Waals surface area contributed by atoms with Gasteiger partial charge in [-0.1, -0.05) is 43.3 Å². The second-order valence-corrected chi connectivity index (χ2v) is 6.51. The molecule has 0 spiro atoms. The molecule has 0 saturated heterocycles. The molecule has 0 heterocycles. The van der Waals surface area contributed by atoms with Gasteiger partial charge in [0.25, 0.3) is 5.91 Å². The summed E-state index contributed by atoms with van der Waals surface area (Å²) in [6.45, 7) is 3.10. The molecule has 4 nitrogen and oxygen atoms in total. The lowest BCUT2D eigenvalue weighted by Gasteiger charge is -2.12. The van der Waals surface area contributed by atoms with Crippen molar-refractivity contribution in [2.24, 2.45) is 0 Å². The van der Waals surface area contributed by atoms with Crippen LogP contribution in [-0.4, -0.2) is 19.1 Å². The third kappa shape index (κ3) is 6.07. The van der Waals surface area contributed by atoms with Crippen LogP contribution in [0.4, 0.5) is 4.39 Å². The zero-order chi connectivity index (χ0) is 20.5. The summed E-state index contributed by atoms with van der Waals surface area (Å²) in [5, 5.41) is 2.84. The summed E-state index contributed by atoms with van der Waals surface area (Å²) in [5.41, 5.74) is 2.52. The van der Waals surface area contributed by atoms with Crippen LogP contribution in [-0.2, 0) is 13.0 Å². The lowest BCUT2D eigenvalue weighted by atomic mass is 10.2. The molecule has 0 fully saturated rings. The van der Waals surface area contributed by atoms with Gasteiger partial charge in [-0.2, -0.15) is 0 Å². The van der Waals surface area contributed by atoms with Crippen LogP contribution in [0.3, 0.4) is 0 Å². The largest absolute Gasteiger partial charge is 0.492 e. The van der Waals surface area contributed by atoms with E-state index < -0.39 is 0 Å². The predicted octanol–water partition coefficient (Wildman–Crippen LogP) is 4.78. The molecule has 0 aliphatic heterocycles. The minimum Gasteiger partial charge on any atom is -0.492 e. The monoisotopic (exact) mass is 393 g/mol. The Kier molecular flexibility index (Phi) is 7.22. The van der Waals surface area contributed by atoms with Crippen molar-refractivity contribution in [3.63, 3.8) is 0 Å². The Bertz CT molecular complexity index is 924. The molecule has 5 heteroatoms. The van der Waals surface area contributed by atoms with E-state index in [9.17, 15) is 9.18 Å². The van der Waals surface area contributed by atoms with Gasteiger partial charge in [-0.05, 0) is 53.9 Å². The van der Waals surface area contributed by atoms with Crippen LogP contribution in [0.1, 0.15) is 28.4 Å². The van der Waals surface area contributed by atoms with Crippen LogP contribution < -0.4 is 14.8 Å². The number of amides is 1. The molecular formula is C24H24FNO3. The highest BCUT2D eigenvalue weighted by Crippen LogP contribution is 2.19. The first-order valence-corrected chi connectivity index (χ1v) is 9.62. The molecule has 150 valence electrons. The number of carbonyl (C=O) groups is 1. The third-order valence-corrected chi connectivity index (χ3v) is 4.43. The molecule has 0 aliphatic carbocycles. The number of hydrogen-bond donors (Lipinski definition) is 1. The Hall–Kier alpha value is -3.34. The highest BCUT2D eigenvalue weighted by Gasteiger charge is 2.12. The van der Waals surface area contributed by atoms with Gasteiger partial charge in [0.05, 0.1) is 12.1 Å². The Morgan fingerprint density at radius 1 is 0.897 bits per heavy atom. The fourth-order valence-electron chi connectivity index (χ4n) is 2.77. The van der Waals surface area contributed by atoms with E-state index in [1.54, 1.807) is 36.4 Å². The second kappa shape index (κ2) is 10.3. The van der Waals surface area contributed by atoms with Gasteiger partial charge in [0, 0.05) is 0 Å². The second-order valence-electron chi connectivity index (χ2n) is 6.51. The van der Waals surface area contributed by atoms with Gasteiger partial charge < -0.3 is 14.8 Å². The van der Waals surface area contributed by atoms with Crippen molar-refractivity contribution in [1.82, 2.24) is 5.32 Å². The van der Waals surface area contributed by atoms with E-state index in [0.29, 0.717) is 24.5 Å². The standard InChI is InChI=1S/C24H24FNO3/c1-2-18-9-13-21(14-10-18)28-16-15-26-24(27)22-5-3-4-6-23(22)29-17-19-7-11-20(25)12-8-19/h3-14H,2,15-17H2,1H3,(H,26,27). The fourth-order valence-corrected chi connectivity index (χ4v) is 2.77. The minimum absolute atomic E-state index is 0.232. The van der Waals surface area contributed by atoms with Crippen LogP contribution in [0.15, 0.2) is 72.8 Å². The van der Waals surface area contributed by atoms with Crippen molar-refractivity contribution < 1.29 is 18.7 Å². The first-order chi connectivity index (χ1) is 14.2. The van der Waals surface area contributed by atoms with E-state index in [4.69, 9.17) is 9.47 Å². The Morgan fingerprint density at radius 3 is 2.31 bits per heavy atom. The highest BCUT2D eigenvalue weighted by atomic mass is 19.1. The molecule has 3 aromatic carbocycles. The molecule has 0 aromatic heterocycles. The van der Waals surface area contributed by atoms with Crippen LogP contribution >= 0.6 is 0 Å². The van der Waals surface area contributed by atoms with E-state index >= 15 is 0 Å². The molecular weight excluding hydrogens is 369 g/mol. The summed E-state index contributed by atoms with van der Waals surface area (Å²) < 4.78 is 24.4. The number of rotatable bonds is 9. The van der Waals surface area contributed by atoms with Crippen molar-refractivity contribution in [2.45, 2.75) is 20.0 Å². The number of hydrogen-bond acceptors (Lipinski definition) is 3. The molecule has 0 radical (unpaired) electrons. The number of carbonyl (C=O) groups excluding carboxylic acids is 1. The van der Waals surface area contributed by atoms with E-state index in [2.05, 4.69) is 12.2 Å². The van der Waals surface area contributed by atoms with Gasteiger partial charge in [0.15, 0.2) is 0 Å². The van der Waals surface area contributed by atoms with Gasteiger partial charge in [-0.25, -0.2) is 4.39 Å². The maximum absolute atomic E-state index is 13.0.